The maximum atomic E-state index is 11.4. The summed E-state index contributed by atoms with van der Waals surface area (Å²) in [6.45, 7) is 14.7. The van der Waals surface area contributed by atoms with Gasteiger partial charge in [-0.1, -0.05) is 0 Å². The lowest BCUT2D eigenvalue weighted by Crippen LogP contribution is -2.52. The van der Waals surface area contributed by atoms with Gasteiger partial charge in [-0.05, 0) is 64.2 Å². The van der Waals surface area contributed by atoms with Gasteiger partial charge >= 0.3 is 32.4 Å². The van der Waals surface area contributed by atoms with Gasteiger partial charge in [-0.15, -0.1) is 0 Å². The highest BCUT2D eigenvalue weighted by atomic mass is 28.5. The van der Waals surface area contributed by atoms with Crippen molar-refractivity contribution in [2.75, 3.05) is 39.6 Å². The van der Waals surface area contributed by atoms with Gasteiger partial charge < -0.3 is 37.4 Å². The van der Waals surface area contributed by atoms with Crippen molar-refractivity contribution in [3.05, 3.63) is 0 Å². The average Bonchev–Trinajstić information content (AvgIpc) is 2.78. The van der Waals surface area contributed by atoms with Crippen molar-refractivity contribution in [3.8, 4) is 0 Å². The highest BCUT2D eigenvalue weighted by Gasteiger charge is 2.39. The number of carbonyl (C=O) groups excluding carboxylic acids is 2. The fraction of sp³-hybridized carbons (Fsp3) is 0.833. The van der Waals surface area contributed by atoms with Gasteiger partial charge in [0.15, 0.2) is 16.6 Å². The van der Waals surface area contributed by atoms with Crippen LogP contribution in [0, 0.1) is 0 Å². The minimum Gasteiger partial charge on any atom is -0.481 e. The Morgan fingerprint density at radius 1 is 0.538 bits per heavy atom. The number of hydrogen-bond donors (Lipinski definition) is 2. The van der Waals surface area contributed by atoms with E-state index < -0.39 is 49.1 Å². The van der Waals surface area contributed by atoms with Crippen molar-refractivity contribution in [1.29, 1.82) is 0 Å². The maximum Gasteiger partial charge on any atom is 0.311 e. The molecule has 15 heteroatoms. The molecule has 39 heavy (non-hydrogen) atoms. The molecular weight excluding hydrogens is 565 g/mol. The minimum absolute atomic E-state index is 0.107. The van der Waals surface area contributed by atoms with Crippen LogP contribution in [0.25, 0.3) is 0 Å². The van der Waals surface area contributed by atoms with Crippen LogP contribution in [-0.2, 0) is 46.4 Å². The molecule has 0 bridgehead atoms. The quantitative estimate of drug-likeness (QED) is 0.0922. The topological polar surface area (TPSA) is 164 Å². The molecule has 0 radical (unpaired) electrons. The monoisotopic (exact) mass is 612 g/mol. The number of hydrogen-bond acceptors (Lipinski definition) is 10. The van der Waals surface area contributed by atoms with Crippen LogP contribution in [0.1, 0.15) is 38.5 Å². The molecule has 228 valence electrons. The molecule has 0 aromatic carbocycles. The fourth-order valence-corrected chi connectivity index (χ4v) is 17.8. The van der Waals surface area contributed by atoms with Gasteiger partial charge in [0.1, 0.15) is 13.2 Å². The molecule has 0 saturated heterocycles. The van der Waals surface area contributed by atoms with Gasteiger partial charge in [0, 0.05) is 13.2 Å². The smallest absolute Gasteiger partial charge is 0.311 e. The second kappa shape index (κ2) is 19.4. The number of carboxylic acids is 2. The zero-order valence-corrected chi connectivity index (χ0v) is 27.4. The molecule has 2 N–H and O–H groups in total. The molecule has 0 atom stereocenters. The predicted octanol–water partition coefficient (Wildman–Crippen LogP) is 3.76. The molecule has 0 unspecified atom stereocenters. The van der Waals surface area contributed by atoms with Gasteiger partial charge in [-0.2, -0.15) is 0 Å². The van der Waals surface area contributed by atoms with E-state index >= 15 is 0 Å². The zero-order chi connectivity index (χ0) is 30.0. The number of carbonyl (C=O) groups is 4. The Bertz CT molecular complexity index is 699. The molecule has 0 fully saturated rings. The zero-order valence-electron chi connectivity index (χ0n) is 24.4. The third kappa shape index (κ3) is 23.9. The summed E-state index contributed by atoms with van der Waals surface area (Å²) in [7, 11) is -6.31. The first-order valence-electron chi connectivity index (χ1n) is 13.3. The molecule has 0 saturated carbocycles. The Kier molecular flexibility index (Phi) is 18.6. The Labute approximate surface area is 235 Å². The van der Waals surface area contributed by atoms with Crippen LogP contribution >= 0.6 is 0 Å². The summed E-state index contributed by atoms with van der Waals surface area (Å²) in [6, 6.07) is 1.81. The van der Waals surface area contributed by atoms with Crippen molar-refractivity contribution < 1.29 is 56.6 Å². The predicted molar refractivity (Wildman–Crippen MR) is 151 cm³/mol. The first-order valence-corrected chi connectivity index (χ1v) is 22.4. The lowest BCUT2D eigenvalue weighted by atomic mass is 10.3. The van der Waals surface area contributed by atoms with Crippen LogP contribution in [0.4, 0.5) is 0 Å². The van der Waals surface area contributed by atoms with E-state index in [0.29, 0.717) is 13.2 Å². The first-order chi connectivity index (χ1) is 18.0. The van der Waals surface area contributed by atoms with Crippen molar-refractivity contribution in [2.24, 2.45) is 0 Å². The summed E-state index contributed by atoms with van der Waals surface area (Å²) in [4.78, 5) is 43.6. The van der Waals surface area contributed by atoms with E-state index in [1.54, 1.807) is 0 Å². The van der Waals surface area contributed by atoms with Crippen LogP contribution in [0.5, 0.6) is 0 Å². The van der Waals surface area contributed by atoms with E-state index in [4.69, 9.17) is 37.4 Å². The molecule has 0 aliphatic heterocycles. The van der Waals surface area contributed by atoms with Gasteiger partial charge in [0.25, 0.3) is 0 Å². The van der Waals surface area contributed by atoms with E-state index in [-0.39, 0.29) is 52.1 Å². The first kappa shape index (κ1) is 37.4. The van der Waals surface area contributed by atoms with Crippen LogP contribution in [-0.4, -0.2) is 98.9 Å². The number of ether oxygens (including phenoxy) is 4. The van der Waals surface area contributed by atoms with Gasteiger partial charge in [-0.25, -0.2) is 0 Å². The number of esters is 2. The minimum atomic E-state index is -2.35. The van der Waals surface area contributed by atoms with Gasteiger partial charge in [-0.3, -0.25) is 19.2 Å². The van der Waals surface area contributed by atoms with Crippen molar-refractivity contribution in [2.45, 2.75) is 89.9 Å². The lowest BCUT2D eigenvalue weighted by Gasteiger charge is -2.38. The van der Waals surface area contributed by atoms with Crippen LogP contribution in [0.15, 0.2) is 0 Å². The molecule has 0 rings (SSSR count). The Morgan fingerprint density at radius 2 is 0.897 bits per heavy atom. The lowest BCUT2D eigenvalue weighted by molar-refractivity contribution is -0.148. The normalized spacial score (nSPS) is 12.3. The van der Waals surface area contributed by atoms with E-state index in [0.717, 1.165) is 24.9 Å². The summed E-state index contributed by atoms with van der Waals surface area (Å²) in [6.07, 6.45) is 0.888. The molecule has 0 heterocycles. The third-order valence-corrected chi connectivity index (χ3v) is 16.7. The molecule has 0 aromatic heterocycles. The largest absolute Gasteiger partial charge is 0.481 e. The van der Waals surface area contributed by atoms with Gasteiger partial charge in [0.05, 0.1) is 38.9 Å². The van der Waals surface area contributed by atoms with E-state index in [1.807, 2.05) is 0 Å². The summed E-state index contributed by atoms with van der Waals surface area (Å²) in [5, 5.41) is 17.1. The summed E-state index contributed by atoms with van der Waals surface area (Å²) in [5.41, 5.74) is 0. The maximum absolute atomic E-state index is 11.4. The molecule has 0 spiro atoms. The Morgan fingerprint density at radius 3 is 1.23 bits per heavy atom. The van der Waals surface area contributed by atoms with Gasteiger partial charge in [0.2, 0.25) is 0 Å². The molecule has 0 aromatic rings. The highest BCUT2D eigenvalue weighted by Crippen LogP contribution is 2.26. The van der Waals surface area contributed by atoms with E-state index in [9.17, 15) is 19.2 Å². The van der Waals surface area contributed by atoms with Crippen molar-refractivity contribution in [1.82, 2.24) is 0 Å². The second-order valence-electron chi connectivity index (χ2n) is 10.8. The summed E-state index contributed by atoms with van der Waals surface area (Å²) < 4.78 is 34.1. The van der Waals surface area contributed by atoms with Crippen LogP contribution < -0.4 is 0 Å². The molecular formula is C24H48O12Si3. The SMILES string of the molecule is C[Si](C)(CCCOCCOC(=O)CCC(=O)O)O[Si](C)(C)O[Si](C)(C)CCCOCCOC(=O)CCC(=O)O. The fourth-order valence-electron chi connectivity index (χ4n) is 3.85. The van der Waals surface area contributed by atoms with Crippen molar-refractivity contribution >= 4 is 49.1 Å². The number of rotatable bonds is 24. The van der Waals surface area contributed by atoms with Crippen molar-refractivity contribution in [3.63, 3.8) is 0 Å². The molecule has 0 amide bonds. The Hall–Kier alpha value is -1.63. The average molecular weight is 613 g/mol. The highest BCUT2D eigenvalue weighted by molar-refractivity contribution is 6.87. The van der Waals surface area contributed by atoms with Crippen LogP contribution in [0.2, 0.25) is 51.4 Å². The number of aliphatic carboxylic acids is 2. The van der Waals surface area contributed by atoms with Crippen LogP contribution in [0.3, 0.4) is 0 Å². The second-order valence-corrected chi connectivity index (χ2v) is 23.3. The van der Waals surface area contributed by atoms with E-state index in [2.05, 4.69) is 39.3 Å². The molecule has 0 aliphatic carbocycles. The molecule has 12 nitrogen and oxygen atoms in total. The third-order valence-electron chi connectivity index (χ3n) is 5.25. The van der Waals surface area contributed by atoms with E-state index in [1.165, 1.54) is 0 Å². The summed E-state index contributed by atoms with van der Waals surface area (Å²) >= 11 is 0. The summed E-state index contributed by atoms with van der Waals surface area (Å²) in [5.74, 6) is -3.14. The molecule has 0 aliphatic rings. The Balaban J connectivity index is 4.08. The number of carboxylic acid groups (broad SMARTS) is 2. The standard InChI is InChI=1S/C24H48O12Si3/c1-37(2,19-7-13-31-15-17-33-23(29)11-9-21(25)26)35-39(5,6)36-38(3,4)20-8-14-32-16-18-34-24(30)12-10-22(27)28/h7-20H2,1-6H3,(H,25,26)(H,27,28).